The van der Waals surface area contributed by atoms with Crippen molar-refractivity contribution < 1.29 is 14.7 Å². The minimum Gasteiger partial charge on any atom is -0.480 e. The molecule has 19 heavy (non-hydrogen) atoms. The van der Waals surface area contributed by atoms with Gasteiger partial charge in [0.15, 0.2) is 0 Å². The molecule has 0 saturated heterocycles. The zero-order valence-electron chi connectivity index (χ0n) is 12.8. The Hall–Kier alpha value is -1.26. The molecule has 5 heteroatoms. The number of nitrogens with one attached hydrogen (secondary N) is 1. The molecule has 2 amide bonds. The number of rotatable bonds is 8. The molecule has 0 radical (unpaired) electrons. The van der Waals surface area contributed by atoms with Gasteiger partial charge in [-0.1, -0.05) is 27.7 Å². The summed E-state index contributed by atoms with van der Waals surface area (Å²) >= 11 is 0. The van der Waals surface area contributed by atoms with Crippen molar-refractivity contribution in [3.05, 3.63) is 0 Å². The largest absolute Gasteiger partial charge is 0.480 e. The predicted molar refractivity (Wildman–Crippen MR) is 76.2 cm³/mol. The van der Waals surface area contributed by atoms with Crippen molar-refractivity contribution >= 4 is 12.0 Å². The highest BCUT2D eigenvalue weighted by Gasteiger charge is 2.30. The summed E-state index contributed by atoms with van der Waals surface area (Å²) in [5, 5.41) is 11.9. The van der Waals surface area contributed by atoms with E-state index in [9.17, 15) is 9.59 Å². The maximum absolute atomic E-state index is 12.3. The minimum atomic E-state index is -0.981. The maximum atomic E-state index is 12.3. The molecule has 0 aliphatic heterocycles. The van der Waals surface area contributed by atoms with Crippen molar-refractivity contribution in [3.63, 3.8) is 0 Å². The lowest BCUT2D eigenvalue weighted by atomic mass is 9.90. The minimum absolute atomic E-state index is 0.0839. The maximum Gasteiger partial charge on any atom is 0.323 e. The van der Waals surface area contributed by atoms with Crippen LogP contribution in [0.3, 0.4) is 0 Å². The average molecular weight is 272 g/mol. The number of carbonyl (C=O) groups excluding carboxylic acids is 1. The van der Waals surface area contributed by atoms with Crippen molar-refractivity contribution in [2.45, 2.75) is 71.9 Å². The quantitative estimate of drug-likeness (QED) is 0.714. The van der Waals surface area contributed by atoms with E-state index in [0.29, 0.717) is 0 Å². The Kier molecular flexibility index (Phi) is 7.49. The lowest BCUT2D eigenvalue weighted by Gasteiger charge is -2.36. The van der Waals surface area contributed by atoms with E-state index < -0.39 is 5.97 Å². The molecule has 112 valence electrons. The highest BCUT2D eigenvalue weighted by molar-refractivity contribution is 5.80. The predicted octanol–water partition coefficient (Wildman–Crippen LogP) is 2.85. The standard InChI is InChI=1S/C14H28N2O3/c1-6-11(5)16(10-12(17)18)13(19)15-14(7-2,8-3)9-4/h11H,6-10H2,1-5H3,(H,15,19)(H,17,18). The summed E-state index contributed by atoms with van der Waals surface area (Å²) in [7, 11) is 0. The number of carboxylic acid groups (broad SMARTS) is 1. The summed E-state index contributed by atoms with van der Waals surface area (Å²) in [6.07, 6.45) is 3.26. The van der Waals surface area contributed by atoms with Gasteiger partial charge in [0.05, 0.1) is 0 Å². The Morgan fingerprint density at radius 3 is 1.95 bits per heavy atom. The molecule has 0 saturated carbocycles. The van der Waals surface area contributed by atoms with E-state index in [2.05, 4.69) is 5.32 Å². The fraction of sp³-hybridized carbons (Fsp3) is 0.857. The van der Waals surface area contributed by atoms with E-state index in [-0.39, 0.29) is 24.2 Å². The van der Waals surface area contributed by atoms with Crippen LogP contribution in [-0.4, -0.2) is 40.1 Å². The Morgan fingerprint density at radius 1 is 1.16 bits per heavy atom. The molecule has 0 spiro atoms. The van der Waals surface area contributed by atoms with Gasteiger partial charge in [-0.15, -0.1) is 0 Å². The smallest absolute Gasteiger partial charge is 0.323 e. The molecule has 0 bridgehead atoms. The molecule has 1 atom stereocenters. The Labute approximate surface area is 116 Å². The molecule has 0 aromatic carbocycles. The first-order valence-corrected chi connectivity index (χ1v) is 7.16. The number of aliphatic carboxylic acids is 1. The molecule has 1 unspecified atom stereocenters. The summed E-state index contributed by atoms with van der Waals surface area (Å²) < 4.78 is 0. The number of hydrogen-bond donors (Lipinski definition) is 2. The second kappa shape index (κ2) is 8.02. The van der Waals surface area contributed by atoms with Gasteiger partial charge >= 0.3 is 12.0 Å². The van der Waals surface area contributed by atoms with Gasteiger partial charge in [0.2, 0.25) is 0 Å². The average Bonchev–Trinajstić information content (AvgIpc) is 2.41. The van der Waals surface area contributed by atoms with E-state index >= 15 is 0 Å². The third-order valence-corrected chi connectivity index (χ3v) is 4.09. The van der Waals surface area contributed by atoms with Gasteiger partial charge in [-0.3, -0.25) is 4.79 Å². The van der Waals surface area contributed by atoms with Crippen molar-refractivity contribution in [2.75, 3.05) is 6.54 Å². The van der Waals surface area contributed by atoms with Crippen LogP contribution in [0.2, 0.25) is 0 Å². The van der Waals surface area contributed by atoms with Crippen molar-refractivity contribution in [1.29, 1.82) is 0 Å². The number of hydrogen-bond acceptors (Lipinski definition) is 2. The molecule has 0 fully saturated rings. The SMILES string of the molecule is CCC(C)N(CC(=O)O)C(=O)NC(CC)(CC)CC. The second-order valence-corrected chi connectivity index (χ2v) is 5.05. The van der Waals surface area contributed by atoms with Gasteiger partial charge in [-0.05, 0) is 32.6 Å². The number of nitrogens with zero attached hydrogens (tertiary/aromatic N) is 1. The molecule has 2 N–H and O–H groups in total. The Bertz CT molecular complexity index is 293. The van der Waals surface area contributed by atoms with Gasteiger partial charge in [-0.2, -0.15) is 0 Å². The fourth-order valence-corrected chi connectivity index (χ4v) is 2.11. The molecule has 5 nitrogen and oxygen atoms in total. The lowest BCUT2D eigenvalue weighted by Crippen LogP contribution is -2.55. The summed E-state index contributed by atoms with van der Waals surface area (Å²) in [6, 6.07) is -0.360. The van der Waals surface area contributed by atoms with Crippen LogP contribution in [0.1, 0.15) is 60.3 Å². The van der Waals surface area contributed by atoms with Crippen LogP contribution in [0.15, 0.2) is 0 Å². The molecule has 0 aromatic rings. The molecular formula is C14H28N2O3. The zero-order chi connectivity index (χ0) is 15.1. The molecular weight excluding hydrogens is 244 g/mol. The molecule has 0 rings (SSSR count). The van der Waals surface area contributed by atoms with Gasteiger partial charge in [0.25, 0.3) is 0 Å². The van der Waals surface area contributed by atoms with Gasteiger partial charge < -0.3 is 15.3 Å². The van der Waals surface area contributed by atoms with Crippen molar-refractivity contribution in [1.82, 2.24) is 10.2 Å². The van der Waals surface area contributed by atoms with Gasteiger partial charge in [0.1, 0.15) is 6.54 Å². The van der Waals surface area contributed by atoms with Crippen LogP contribution in [0.4, 0.5) is 4.79 Å². The van der Waals surface area contributed by atoms with Crippen LogP contribution >= 0.6 is 0 Å². The van der Waals surface area contributed by atoms with Crippen molar-refractivity contribution in [2.24, 2.45) is 0 Å². The topological polar surface area (TPSA) is 69.6 Å². The van der Waals surface area contributed by atoms with E-state index in [4.69, 9.17) is 5.11 Å². The number of carbonyl (C=O) groups is 2. The highest BCUT2D eigenvalue weighted by Crippen LogP contribution is 2.20. The number of urea groups is 1. The zero-order valence-corrected chi connectivity index (χ0v) is 12.8. The van der Waals surface area contributed by atoms with Gasteiger partial charge in [-0.25, -0.2) is 4.79 Å². The first-order valence-electron chi connectivity index (χ1n) is 7.16. The summed E-state index contributed by atoms with van der Waals surface area (Å²) in [6.45, 7) is 9.68. The van der Waals surface area contributed by atoms with Crippen LogP contribution in [0.25, 0.3) is 0 Å². The van der Waals surface area contributed by atoms with Gasteiger partial charge in [0, 0.05) is 11.6 Å². The number of carboxylic acids is 1. The monoisotopic (exact) mass is 272 g/mol. The summed E-state index contributed by atoms with van der Waals surface area (Å²) in [4.78, 5) is 24.6. The molecule has 0 aliphatic rings. The first-order chi connectivity index (χ1) is 8.85. The fourth-order valence-electron chi connectivity index (χ4n) is 2.11. The van der Waals surface area contributed by atoms with Crippen LogP contribution in [0, 0.1) is 0 Å². The third-order valence-electron chi connectivity index (χ3n) is 4.09. The van der Waals surface area contributed by atoms with Crippen LogP contribution in [-0.2, 0) is 4.79 Å². The normalized spacial score (nSPS) is 12.9. The van der Waals surface area contributed by atoms with Crippen LogP contribution in [0.5, 0.6) is 0 Å². The highest BCUT2D eigenvalue weighted by atomic mass is 16.4. The van der Waals surface area contributed by atoms with Crippen molar-refractivity contribution in [3.8, 4) is 0 Å². The molecule has 0 aliphatic carbocycles. The second-order valence-electron chi connectivity index (χ2n) is 5.05. The molecule has 0 heterocycles. The van der Waals surface area contributed by atoms with Crippen LogP contribution < -0.4 is 5.32 Å². The van der Waals surface area contributed by atoms with E-state index in [1.807, 2.05) is 34.6 Å². The molecule has 0 aromatic heterocycles. The third kappa shape index (κ3) is 5.09. The van der Waals surface area contributed by atoms with E-state index in [1.54, 1.807) is 0 Å². The Morgan fingerprint density at radius 2 is 1.63 bits per heavy atom. The first kappa shape index (κ1) is 17.7. The van der Waals surface area contributed by atoms with E-state index in [1.165, 1.54) is 4.90 Å². The van der Waals surface area contributed by atoms with E-state index in [0.717, 1.165) is 25.7 Å². The summed E-state index contributed by atoms with van der Waals surface area (Å²) in [5.41, 5.74) is -0.235. The Balaban J connectivity index is 4.94. The lowest BCUT2D eigenvalue weighted by molar-refractivity contribution is -0.138. The summed E-state index contributed by atoms with van der Waals surface area (Å²) in [5.74, 6) is -0.981. The number of amides is 2.